The van der Waals surface area contributed by atoms with E-state index in [0.29, 0.717) is 26.3 Å². The fourth-order valence-corrected chi connectivity index (χ4v) is 2.62. The molecule has 12 heteroatoms. The number of hydrogen-bond donors (Lipinski definition) is 4. The fraction of sp³-hybridized carbons (Fsp3) is 0.167. The van der Waals surface area contributed by atoms with Crippen molar-refractivity contribution in [3.63, 3.8) is 0 Å². The van der Waals surface area contributed by atoms with Gasteiger partial charge in [-0.1, -0.05) is 46.6 Å². The Kier molecular flexibility index (Phi) is 8.69. The van der Waals surface area contributed by atoms with Crippen molar-refractivity contribution < 1.29 is 19.2 Å². The minimum atomic E-state index is -0.527. The molecule has 0 spiro atoms. The number of hydrogen-bond acceptors (Lipinski definition) is 6. The lowest BCUT2D eigenvalue weighted by Crippen LogP contribution is -2.39. The number of hydrazone groups is 1. The Morgan fingerprint density at radius 3 is 2.33 bits per heavy atom. The minimum Gasteiger partial charge on any atom is -0.465 e. The molecule has 0 radical (unpaired) electrons. The smallest absolute Gasteiger partial charge is 0.337 e. The van der Waals surface area contributed by atoms with Crippen LogP contribution in [0.1, 0.15) is 21.5 Å². The molecular formula is C18H20Cl2N6O4. The van der Waals surface area contributed by atoms with Crippen LogP contribution in [0.15, 0.2) is 47.6 Å². The molecule has 0 bridgehead atoms. The highest BCUT2D eigenvalue weighted by molar-refractivity contribution is 6.35. The van der Waals surface area contributed by atoms with E-state index in [2.05, 4.69) is 15.3 Å². The third kappa shape index (κ3) is 6.78. The van der Waals surface area contributed by atoms with E-state index in [9.17, 15) is 4.79 Å². The van der Waals surface area contributed by atoms with Crippen molar-refractivity contribution in [2.45, 2.75) is 13.2 Å². The number of carbonyl (C=O) groups excluding carboxylic acids is 1. The van der Waals surface area contributed by atoms with E-state index in [1.54, 1.807) is 42.5 Å². The molecule has 30 heavy (non-hydrogen) atoms. The van der Waals surface area contributed by atoms with E-state index >= 15 is 0 Å². The number of benzene rings is 2. The molecule has 0 aromatic heterocycles. The molecular weight excluding hydrogens is 435 g/mol. The number of nitrogens with two attached hydrogens (primary N) is 2. The average Bonchev–Trinajstić information content (AvgIpc) is 2.72. The van der Waals surface area contributed by atoms with Gasteiger partial charge in [0.15, 0.2) is 0 Å². The van der Waals surface area contributed by atoms with Crippen LogP contribution in [0.25, 0.3) is 0 Å². The molecule has 6 N–H and O–H groups in total. The van der Waals surface area contributed by atoms with Gasteiger partial charge in [0.25, 0.3) is 0 Å². The van der Waals surface area contributed by atoms with E-state index in [0.717, 1.165) is 5.56 Å². The molecule has 0 saturated heterocycles. The number of rotatable bonds is 8. The third-order valence-corrected chi connectivity index (χ3v) is 4.30. The number of nitrogens with one attached hydrogen (secondary N) is 2. The van der Waals surface area contributed by atoms with Gasteiger partial charge in [-0.3, -0.25) is 10.2 Å². The zero-order valence-corrected chi connectivity index (χ0v) is 17.4. The predicted octanol–water partition coefficient (Wildman–Crippen LogP) is 2.36. The lowest BCUT2D eigenvalue weighted by Gasteiger charge is -2.17. The summed E-state index contributed by atoms with van der Waals surface area (Å²) in [5, 5.41) is 12.8. The summed E-state index contributed by atoms with van der Waals surface area (Å²) in [5.41, 5.74) is 15.2. The highest BCUT2D eigenvalue weighted by Gasteiger charge is 2.12. The van der Waals surface area contributed by atoms with Crippen LogP contribution in [0, 0.1) is 5.41 Å². The van der Waals surface area contributed by atoms with Crippen molar-refractivity contribution in [3.8, 4) is 0 Å². The maximum absolute atomic E-state index is 11.4. The molecule has 0 unspecified atom stereocenters. The van der Waals surface area contributed by atoms with E-state index in [1.807, 2.05) is 0 Å². The first-order valence-electron chi connectivity index (χ1n) is 8.41. The number of halogens is 2. The standard InChI is InChI=1S/C18H20Cl2N6O4/c1-28-16(27)12-7-5-11(6-8-12)9-29-25-18(23)24-26(17(21)22)30-10-13-14(19)3-2-4-15(13)20/h2-8H,9-10H2,1H3,(H3,21,22)(H3,23,24,25). The summed E-state index contributed by atoms with van der Waals surface area (Å²) in [6.07, 6.45) is 0. The first kappa shape index (κ1) is 23.2. The van der Waals surface area contributed by atoms with E-state index in [-0.39, 0.29) is 19.2 Å². The summed E-state index contributed by atoms with van der Waals surface area (Å²) in [5.74, 6) is -1.18. The van der Waals surface area contributed by atoms with E-state index in [1.165, 1.54) is 7.11 Å². The van der Waals surface area contributed by atoms with Gasteiger partial charge < -0.3 is 16.2 Å². The topological polar surface area (TPSA) is 148 Å². The second-order valence-corrected chi connectivity index (χ2v) is 6.51. The van der Waals surface area contributed by atoms with Gasteiger partial charge in [-0.2, -0.15) is 0 Å². The Morgan fingerprint density at radius 2 is 1.77 bits per heavy atom. The predicted molar refractivity (Wildman–Crippen MR) is 112 cm³/mol. The van der Waals surface area contributed by atoms with Crippen LogP contribution in [-0.4, -0.2) is 30.2 Å². The summed E-state index contributed by atoms with van der Waals surface area (Å²) in [7, 11) is 1.31. The summed E-state index contributed by atoms with van der Waals surface area (Å²) in [4.78, 5) is 22.0. The Morgan fingerprint density at radius 1 is 1.13 bits per heavy atom. The molecule has 0 fully saturated rings. The van der Waals surface area contributed by atoms with Gasteiger partial charge in [-0.05, 0) is 29.8 Å². The molecule has 2 rings (SSSR count). The average molecular weight is 455 g/mol. The summed E-state index contributed by atoms with van der Waals surface area (Å²) >= 11 is 12.1. The van der Waals surface area contributed by atoms with Crippen LogP contribution in [0.3, 0.4) is 0 Å². The highest BCUT2D eigenvalue weighted by atomic mass is 35.5. The van der Waals surface area contributed by atoms with Crippen LogP contribution in [0.4, 0.5) is 0 Å². The van der Waals surface area contributed by atoms with Crippen LogP contribution in [0.5, 0.6) is 0 Å². The zero-order valence-electron chi connectivity index (χ0n) is 15.9. The fourth-order valence-electron chi connectivity index (χ4n) is 2.11. The lowest BCUT2D eigenvalue weighted by molar-refractivity contribution is -0.113. The first-order valence-corrected chi connectivity index (χ1v) is 9.16. The van der Waals surface area contributed by atoms with Gasteiger partial charge in [0.1, 0.15) is 6.61 Å². The normalized spacial score (nSPS) is 11.1. The molecule has 2 aromatic rings. The Hall–Kier alpha value is -3.05. The SMILES string of the molecule is COC(=O)c1ccc(CONC(N)=NN(OCc2c(Cl)cccc2Cl)C(=N)N)cc1. The number of nitrogens with zero attached hydrogens (tertiary/aromatic N) is 2. The molecule has 2 aromatic carbocycles. The largest absolute Gasteiger partial charge is 0.465 e. The summed E-state index contributed by atoms with van der Waals surface area (Å²) < 4.78 is 4.63. The molecule has 0 amide bonds. The highest BCUT2D eigenvalue weighted by Crippen LogP contribution is 2.25. The van der Waals surface area contributed by atoms with Gasteiger partial charge in [-0.15, -0.1) is 5.10 Å². The number of esters is 1. The summed E-state index contributed by atoms with van der Waals surface area (Å²) in [6, 6.07) is 11.6. The van der Waals surface area contributed by atoms with Crippen LogP contribution in [0.2, 0.25) is 10.0 Å². The number of guanidine groups is 2. The molecule has 0 aliphatic heterocycles. The van der Waals surface area contributed by atoms with Crippen LogP contribution >= 0.6 is 23.2 Å². The number of carbonyl (C=O) groups is 1. The Bertz CT molecular complexity index is 903. The second-order valence-electron chi connectivity index (χ2n) is 5.70. The van der Waals surface area contributed by atoms with E-state index < -0.39 is 11.9 Å². The Balaban J connectivity index is 1.90. The van der Waals surface area contributed by atoms with Crippen molar-refractivity contribution in [2.24, 2.45) is 16.6 Å². The first-order chi connectivity index (χ1) is 14.3. The number of methoxy groups -OCH3 is 1. The van der Waals surface area contributed by atoms with Gasteiger partial charge in [0.05, 0.1) is 19.3 Å². The summed E-state index contributed by atoms with van der Waals surface area (Å²) in [6.45, 7) is 0.0239. The number of ether oxygens (including phenoxy) is 1. The van der Waals surface area contributed by atoms with E-state index in [4.69, 9.17) is 49.8 Å². The molecule has 0 aliphatic rings. The molecule has 0 heterocycles. The maximum Gasteiger partial charge on any atom is 0.337 e. The van der Waals surface area contributed by atoms with Crippen molar-refractivity contribution in [1.29, 1.82) is 5.41 Å². The molecule has 10 nitrogen and oxygen atoms in total. The van der Waals surface area contributed by atoms with Gasteiger partial charge >= 0.3 is 5.97 Å². The van der Waals surface area contributed by atoms with Crippen molar-refractivity contribution in [2.75, 3.05) is 7.11 Å². The lowest BCUT2D eigenvalue weighted by atomic mass is 10.1. The Labute approximate surface area is 182 Å². The quantitative estimate of drug-likeness (QED) is 0.205. The second kappa shape index (κ2) is 11.2. The molecule has 0 aliphatic carbocycles. The monoisotopic (exact) mass is 454 g/mol. The van der Waals surface area contributed by atoms with Gasteiger partial charge in [0, 0.05) is 15.6 Å². The van der Waals surface area contributed by atoms with Crippen molar-refractivity contribution in [1.82, 2.24) is 10.7 Å². The van der Waals surface area contributed by atoms with Crippen LogP contribution < -0.4 is 16.9 Å². The zero-order chi connectivity index (χ0) is 22.1. The molecule has 160 valence electrons. The maximum atomic E-state index is 11.4. The van der Waals surface area contributed by atoms with Crippen molar-refractivity contribution >= 4 is 41.1 Å². The molecule has 0 atom stereocenters. The third-order valence-electron chi connectivity index (χ3n) is 3.59. The minimum absolute atomic E-state index is 0.0950. The molecule has 0 saturated carbocycles. The number of hydroxylamine groups is 2. The van der Waals surface area contributed by atoms with Crippen LogP contribution in [-0.2, 0) is 27.6 Å². The van der Waals surface area contributed by atoms with Crippen molar-refractivity contribution in [3.05, 3.63) is 69.2 Å². The van der Waals surface area contributed by atoms with Gasteiger partial charge in [0.2, 0.25) is 11.9 Å². The van der Waals surface area contributed by atoms with Gasteiger partial charge in [-0.25, -0.2) is 15.1 Å².